The van der Waals surface area contributed by atoms with Crippen molar-refractivity contribution in [2.75, 3.05) is 5.32 Å². The van der Waals surface area contributed by atoms with E-state index in [-0.39, 0.29) is 16.7 Å². The second-order valence-electron chi connectivity index (χ2n) is 4.21. The van der Waals surface area contributed by atoms with Gasteiger partial charge in [0.2, 0.25) is 5.82 Å². The van der Waals surface area contributed by atoms with Gasteiger partial charge in [-0.2, -0.15) is 5.10 Å². The first-order chi connectivity index (χ1) is 8.01. The lowest BCUT2D eigenvalue weighted by atomic mass is 10.2. The van der Waals surface area contributed by atoms with Gasteiger partial charge in [-0.15, -0.1) is 0 Å². The summed E-state index contributed by atoms with van der Waals surface area (Å²) in [7, 11) is 1.73. The predicted molar refractivity (Wildman–Crippen MR) is 67.2 cm³/mol. The fourth-order valence-electron chi connectivity index (χ4n) is 1.90. The second kappa shape index (κ2) is 5.65. The quantitative estimate of drug-likeness (QED) is 0.612. The molecule has 0 amide bonds. The van der Waals surface area contributed by atoms with Crippen molar-refractivity contribution in [3.8, 4) is 0 Å². The van der Waals surface area contributed by atoms with E-state index in [2.05, 4.69) is 17.3 Å². The fourth-order valence-corrected chi connectivity index (χ4v) is 1.90. The molecule has 17 heavy (non-hydrogen) atoms. The summed E-state index contributed by atoms with van der Waals surface area (Å²) in [5, 5.41) is 18.4. The average molecular weight is 240 g/mol. The van der Waals surface area contributed by atoms with Gasteiger partial charge in [-0.05, 0) is 19.8 Å². The van der Waals surface area contributed by atoms with Gasteiger partial charge in [-0.1, -0.05) is 20.3 Å². The van der Waals surface area contributed by atoms with Crippen molar-refractivity contribution in [2.45, 2.75) is 46.1 Å². The molecule has 1 atom stereocenters. The Kier molecular flexibility index (Phi) is 4.48. The first-order valence-corrected chi connectivity index (χ1v) is 5.98. The van der Waals surface area contributed by atoms with Crippen molar-refractivity contribution < 1.29 is 4.92 Å². The van der Waals surface area contributed by atoms with Crippen LogP contribution in [0.2, 0.25) is 0 Å². The number of anilines is 1. The van der Waals surface area contributed by atoms with Gasteiger partial charge in [0.1, 0.15) is 5.69 Å². The van der Waals surface area contributed by atoms with Crippen molar-refractivity contribution in [1.29, 1.82) is 0 Å². The van der Waals surface area contributed by atoms with Gasteiger partial charge >= 0.3 is 5.69 Å². The highest BCUT2D eigenvalue weighted by molar-refractivity contribution is 5.60. The first-order valence-electron chi connectivity index (χ1n) is 5.98. The van der Waals surface area contributed by atoms with E-state index in [0.717, 1.165) is 12.8 Å². The predicted octanol–water partition coefficient (Wildman–Crippen LogP) is 2.49. The molecular weight excluding hydrogens is 220 g/mol. The van der Waals surface area contributed by atoms with Crippen LogP contribution in [0.15, 0.2) is 0 Å². The van der Waals surface area contributed by atoms with Gasteiger partial charge < -0.3 is 5.32 Å². The third kappa shape index (κ3) is 2.95. The summed E-state index contributed by atoms with van der Waals surface area (Å²) < 4.78 is 1.56. The molecule has 0 spiro atoms. The summed E-state index contributed by atoms with van der Waals surface area (Å²) in [5.41, 5.74) is 0.640. The Morgan fingerprint density at radius 1 is 1.53 bits per heavy atom. The topological polar surface area (TPSA) is 73.0 Å². The molecule has 1 unspecified atom stereocenters. The maximum absolute atomic E-state index is 11.1. The average Bonchev–Trinajstić information content (AvgIpc) is 2.56. The van der Waals surface area contributed by atoms with E-state index >= 15 is 0 Å². The summed E-state index contributed by atoms with van der Waals surface area (Å²) in [6.45, 7) is 5.98. The van der Waals surface area contributed by atoms with Crippen LogP contribution in [0.3, 0.4) is 0 Å². The van der Waals surface area contributed by atoms with E-state index in [1.807, 2.05) is 13.8 Å². The zero-order valence-electron chi connectivity index (χ0n) is 10.9. The largest absolute Gasteiger partial charge is 0.362 e. The van der Waals surface area contributed by atoms with Crippen LogP contribution < -0.4 is 5.32 Å². The Balaban J connectivity index is 3.04. The molecule has 0 saturated heterocycles. The van der Waals surface area contributed by atoms with Gasteiger partial charge in [0.25, 0.3) is 0 Å². The normalized spacial score (nSPS) is 12.5. The summed E-state index contributed by atoms with van der Waals surface area (Å²) in [5.74, 6) is 0.507. The summed E-state index contributed by atoms with van der Waals surface area (Å²) in [6.07, 6.45) is 2.58. The third-order valence-electron chi connectivity index (χ3n) is 2.71. The van der Waals surface area contributed by atoms with Crippen molar-refractivity contribution in [1.82, 2.24) is 9.78 Å². The molecular formula is C11H20N4O2. The molecule has 1 N–H and O–H groups in total. The Morgan fingerprint density at radius 3 is 2.65 bits per heavy atom. The molecule has 0 fully saturated rings. The number of aryl methyl sites for hydroxylation is 2. The van der Waals surface area contributed by atoms with Crippen molar-refractivity contribution >= 4 is 11.5 Å². The number of hydrogen-bond donors (Lipinski definition) is 1. The highest BCUT2D eigenvalue weighted by Gasteiger charge is 2.26. The van der Waals surface area contributed by atoms with Gasteiger partial charge in [-0.25, -0.2) is 4.68 Å². The number of nitrogens with zero attached hydrogens (tertiary/aromatic N) is 3. The number of aromatic nitrogens is 2. The van der Waals surface area contributed by atoms with Crippen molar-refractivity contribution in [2.24, 2.45) is 7.05 Å². The highest BCUT2D eigenvalue weighted by Crippen LogP contribution is 2.29. The lowest BCUT2D eigenvalue weighted by molar-refractivity contribution is -0.384. The molecule has 6 heteroatoms. The summed E-state index contributed by atoms with van der Waals surface area (Å²) in [6, 6.07) is 0.207. The number of hydrogen-bond acceptors (Lipinski definition) is 4. The molecule has 1 heterocycles. The molecule has 0 aliphatic carbocycles. The van der Waals surface area contributed by atoms with Gasteiger partial charge in [0.15, 0.2) is 0 Å². The summed E-state index contributed by atoms with van der Waals surface area (Å²) in [4.78, 5) is 10.7. The second-order valence-corrected chi connectivity index (χ2v) is 4.21. The molecule has 6 nitrogen and oxygen atoms in total. The van der Waals surface area contributed by atoms with Crippen LogP contribution in [0.1, 0.15) is 39.3 Å². The third-order valence-corrected chi connectivity index (χ3v) is 2.71. The van der Waals surface area contributed by atoms with E-state index in [9.17, 15) is 10.1 Å². The van der Waals surface area contributed by atoms with E-state index in [0.29, 0.717) is 17.9 Å². The number of nitro groups is 1. The molecule has 1 aromatic rings. The van der Waals surface area contributed by atoms with E-state index < -0.39 is 0 Å². The Morgan fingerprint density at radius 2 is 2.18 bits per heavy atom. The molecule has 0 radical (unpaired) electrons. The van der Waals surface area contributed by atoms with E-state index in [1.165, 1.54) is 0 Å². The van der Waals surface area contributed by atoms with Gasteiger partial charge in [0, 0.05) is 13.1 Å². The molecule has 1 aromatic heterocycles. The fraction of sp³-hybridized carbons (Fsp3) is 0.727. The highest BCUT2D eigenvalue weighted by atomic mass is 16.6. The molecule has 0 aliphatic rings. The smallest absolute Gasteiger partial charge is 0.333 e. The van der Waals surface area contributed by atoms with Crippen molar-refractivity contribution in [3.05, 3.63) is 15.8 Å². The maximum Gasteiger partial charge on any atom is 0.333 e. The van der Waals surface area contributed by atoms with Gasteiger partial charge in [-0.3, -0.25) is 10.1 Å². The summed E-state index contributed by atoms with van der Waals surface area (Å²) >= 11 is 0. The van der Waals surface area contributed by atoms with Crippen LogP contribution in [0.5, 0.6) is 0 Å². The number of nitrogens with one attached hydrogen (secondary N) is 1. The Bertz CT molecular complexity index is 400. The molecule has 96 valence electrons. The van der Waals surface area contributed by atoms with Crippen LogP contribution >= 0.6 is 0 Å². The molecule has 0 bridgehead atoms. The zero-order chi connectivity index (χ0) is 13.0. The van der Waals surface area contributed by atoms with Crippen LogP contribution in [0.25, 0.3) is 0 Å². The van der Waals surface area contributed by atoms with Crippen LogP contribution in [0, 0.1) is 10.1 Å². The van der Waals surface area contributed by atoms with E-state index in [1.54, 1.807) is 11.7 Å². The Hall–Kier alpha value is -1.59. The minimum Gasteiger partial charge on any atom is -0.362 e. The molecule has 0 aromatic carbocycles. The lowest BCUT2D eigenvalue weighted by Gasteiger charge is -2.13. The Labute approximate surface area is 101 Å². The minimum atomic E-state index is -0.354. The molecule has 0 saturated carbocycles. The standard InChI is InChI=1S/C11H20N4O2/c1-5-7-8(3)12-11-10(15(16)17)9(6-2)13-14(11)4/h8,12H,5-7H2,1-4H3. The van der Waals surface area contributed by atoms with Crippen LogP contribution in [-0.2, 0) is 13.5 Å². The van der Waals surface area contributed by atoms with Crippen molar-refractivity contribution in [3.63, 3.8) is 0 Å². The van der Waals surface area contributed by atoms with Crippen LogP contribution in [-0.4, -0.2) is 20.7 Å². The molecule has 1 rings (SSSR count). The minimum absolute atomic E-state index is 0.109. The van der Waals surface area contributed by atoms with Gasteiger partial charge in [0.05, 0.1) is 4.92 Å². The monoisotopic (exact) mass is 240 g/mol. The lowest BCUT2D eigenvalue weighted by Crippen LogP contribution is -2.17. The SMILES string of the molecule is CCCC(C)Nc1c([N+](=O)[O-])c(CC)nn1C. The maximum atomic E-state index is 11.1. The zero-order valence-corrected chi connectivity index (χ0v) is 10.9. The van der Waals surface area contributed by atoms with Crippen LogP contribution in [0.4, 0.5) is 11.5 Å². The molecule has 0 aliphatic heterocycles. The number of rotatable bonds is 6. The van der Waals surface area contributed by atoms with E-state index in [4.69, 9.17) is 0 Å². The first kappa shape index (κ1) is 13.5.